The maximum absolute atomic E-state index is 12.7. The average molecular weight is 338 g/mol. The summed E-state index contributed by atoms with van der Waals surface area (Å²) in [6.07, 6.45) is 1.70. The number of thiophene rings is 1. The lowest BCUT2D eigenvalue weighted by atomic mass is 10.1. The number of sulfonamides is 1. The lowest BCUT2D eigenvalue weighted by Crippen LogP contribution is -2.41. The van der Waals surface area contributed by atoms with Crippen molar-refractivity contribution in [2.75, 3.05) is 19.7 Å². The van der Waals surface area contributed by atoms with Crippen LogP contribution in [0, 0.1) is 6.92 Å². The number of halogens is 1. The molecule has 1 saturated heterocycles. The number of piperidine rings is 1. The van der Waals surface area contributed by atoms with Crippen molar-refractivity contribution in [1.82, 2.24) is 4.31 Å². The maximum atomic E-state index is 12.7. The molecule has 1 aromatic heterocycles. The lowest BCUT2D eigenvalue weighted by Gasteiger charge is -2.31. The summed E-state index contributed by atoms with van der Waals surface area (Å²) in [7, 11) is -3.43. The van der Waals surface area contributed by atoms with Crippen LogP contribution in [0.25, 0.3) is 0 Å². The standard InChI is InChI=1S/C13H20ClNO3S2/c1-3-18-11-4-6-15(7-5-11)20(16,17)13-10(2)9-19-12(13)8-14/h9,11H,3-8H2,1-2H3. The maximum Gasteiger partial charge on any atom is 0.244 e. The Morgan fingerprint density at radius 3 is 2.65 bits per heavy atom. The highest BCUT2D eigenvalue weighted by Crippen LogP contribution is 2.32. The van der Waals surface area contributed by atoms with E-state index in [0.717, 1.165) is 23.3 Å². The second kappa shape index (κ2) is 6.75. The van der Waals surface area contributed by atoms with Crippen molar-refractivity contribution in [1.29, 1.82) is 0 Å². The first-order valence-corrected chi connectivity index (χ1v) is 9.60. The molecule has 0 N–H and O–H groups in total. The second-order valence-corrected chi connectivity index (χ2v) is 7.97. The summed E-state index contributed by atoms with van der Waals surface area (Å²) in [5, 5.41) is 1.86. The first kappa shape index (κ1) is 16.2. The van der Waals surface area contributed by atoms with Gasteiger partial charge in [-0.05, 0) is 37.6 Å². The topological polar surface area (TPSA) is 46.6 Å². The third-order valence-corrected chi connectivity index (χ3v) is 7.30. The van der Waals surface area contributed by atoms with Gasteiger partial charge in [-0.2, -0.15) is 4.31 Å². The molecule has 0 atom stereocenters. The van der Waals surface area contributed by atoms with Gasteiger partial charge in [-0.25, -0.2) is 8.42 Å². The van der Waals surface area contributed by atoms with Crippen LogP contribution in [0.5, 0.6) is 0 Å². The van der Waals surface area contributed by atoms with Crippen LogP contribution in [-0.4, -0.2) is 38.5 Å². The van der Waals surface area contributed by atoms with Gasteiger partial charge in [0.15, 0.2) is 0 Å². The van der Waals surface area contributed by atoms with Crippen LogP contribution >= 0.6 is 22.9 Å². The predicted octanol–water partition coefficient (Wildman–Crippen LogP) is 2.98. The van der Waals surface area contributed by atoms with Crippen LogP contribution in [0.4, 0.5) is 0 Å². The fraction of sp³-hybridized carbons (Fsp3) is 0.692. The SMILES string of the molecule is CCOC1CCN(S(=O)(=O)c2c(C)csc2CCl)CC1. The molecule has 0 aromatic carbocycles. The van der Waals surface area contributed by atoms with Crippen molar-refractivity contribution in [3.8, 4) is 0 Å². The molecule has 2 rings (SSSR count). The molecule has 0 radical (unpaired) electrons. The Kier molecular flexibility index (Phi) is 5.48. The summed E-state index contributed by atoms with van der Waals surface area (Å²) in [4.78, 5) is 1.14. The Labute approximate surface area is 129 Å². The number of hydrogen-bond donors (Lipinski definition) is 0. The minimum atomic E-state index is -3.43. The van der Waals surface area contributed by atoms with E-state index in [1.54, 1.807) is 4.31 Å². The van der Waals surface area contributed by atoms with Gasteiger partial charge in [0.05, 0.1) is 12.0 Å². The summed E-state index contributed by atoms with van der Waals surface area (Å²) >= 11 is 7.28. The first-order chi connectivity index (χ1) is 9.50. The molecule has 1 aliphatic rings. The number of ether oxygens (including phenoxy) is 1. The van der Waals surface area contributed by atoms with Gasteiger partial charge in [-0.15, -0.1) is 22.9 Å². The molecule has 1 aliphatic heterocycles. The Balaban J connectivity index is 2.18. The van der Waals surface area contributed by atoms with Crippen molar-refractivity contribution in [2.45, 2.75) is 43.6 Å². The fourth-order valence-electron chi connectivity index (χ4n) is 2.53. The molecule has 7 heteroatoms. The van der Waals surface area contributed by atoms with E-state index in [2.05, 4.69) is 0 Å². The van der Waals surface area contributed by atoms with E-state index in [1.807, 2.05) is 19.2 Å². The summed E-state index contributed by atoms with van der Waals surface area (Å²) < 4.78 is 32.6. The first-order valence-electron chi connectivity index (χ1n) is 6.75. The van der Waals surface area contributed by atoms with Gasteiger partial charge in [0.1, 0.15) is 4.90 Å². The average Bonchev–Trinajstić information content (AvgIpc) is 2.81. The molecule has 20 heavy (non-hydrogen) atoms. The van der Waals surface area contributed by atoms with Crippen LogP contribution in [-0.2, 0) is 20.6 Å². The van der Waals surface area contributed by atoms with Crippen LogP contribution in [0.15, 0.2) is 10.3 Å². The number of rotatable bonds is 5. The van der Waals surface area contributed by atoms with E-state index in [1.165, 1.54) is 11.3 Å². The van der Waals surface area contributed by atoms with E-state index >= 15 is 0 Å². The molecule has 0 aliphatic carbocycles. The third kappa shape index (κ3) is 3.20. The van der Waals surface area contributed by atoms with Gasteiger partial charge >= 0.3 is 0 Å². The number of aryl methyl sites for hydroxylation is 1. The van der Waals surface area contributed by atoms with Gasteiger partial charge in [-0.1, -0.05) is 0 Å². The highest BCUT2D eigenvalue weighted by Gasteiger charge is 2.32. The quantitative estimate of drug-likeness (QED) is 0.776. The molecule has 0 amide bonds. The molecule has 2 heterocycles. The zero-order valence-electron chi connectivity index (χ0n) is 11.8. The van der Waals surface area contributed by atoms with E-state index in [9.17, 15) is 8.42 Å². The summed E-state index contributed by atoms with van der Waals surface area (Å²) in [5.74, 6) is 0.239. The smallest absolute Gasteiger partial charge is 0.244 e. The molecular weight excluding hydrogens is 318 g/mol. The Morgan fingerprint density at radius 2 is 2.10 bits per heavy atom. The highest BCUT2D eigenvalue weighted by molar-refractivity contribution is 7.89. The van der Waals surface area contributed by atoms with Crippen LogP contribution < -0.4 is 0 Å². The molecule has 0 spiro atoms. The van der Waals surface area contributed by atoms with Gasteiger partial charge in [-0.3, -0.25) is 0 Å². The number of alkyl halides is 1. The molecule has 0 bridgehead atoms. The summed E-state index contributed by atoms with van der Waals surface area (Å²) in [5.41, 5.74) is 0.789. The van der Waals surface area contributed by atoms with Crippen molar-refractivity contribution in [3.63, 3.8) is 0 Å². The summed E-state index contributed by atoms with van der Waals surface area (Å²) in [6.45, 7) is 5.50. The lowest BCUT2D eigenvalue weighted by molar-refractivity contribution is 0.0290. The zero-order valence-corrected chi connectivity index (χ0v) is 14.2. The molecular formula is C13H20ClNO3S2. The largest absolute Gasteiger partial charge is 0.378 e. The highest BCUT2D eigenvalue weighted by atomic mass is 35.5. The van der Waals surface area contributed by atoms with Crippen molar-refractivity contribution < 1.29 is 13.2 Å². The van der Waals surface area contributed by atoms with E-state index in [4.69, 9.17) is 16.3 Å². The van der Waals surface area contributed by atoms with Gasteiger partial charge in [0, 0.05) is 24.6 Å². The van der Waals surface area contributed by atoms with Crippen LogP contribution in [0.2, 0.25) is 0 Å². The zero-order chi connectivity index (χ0) is 14.8. The Bertz CT molecular complexity index is 548. The molecule has 0 unspecified atom stereocenters. The van der Waals surface area contributed by atoms with Crippen molar-refractivity contribution >= 4 is 33.0 Å². The Hall–Kier alpha value is -0.140. The molecule has 0 saturated carbocycles. The second-order valence-electron chi connectivity index (χ2n) is 4.86. The van der Waals surface area contributed by atoms with Crippen LogP contribution in [0.1, 0.15) is 30.2 Å². The minimum Gasteiger partial charge on any atom is -0.378 e. The molecule has 1 aromatic rings. The van der Waals surface area contributed by atoms with E-state index in [0.29, 0.717) is 24.6 Å². The number of nitrogens with zero attached hydrogens (tertiary/aromatic N) is 1. The van der Waals surface area contributed by atoms with Gasteiger partial charge in [0.2, 0.25) is 10.0 Å². The van der Waals surface area contributed by atoms with Crippen LogP contribution in [0.3, 0.4) is 0 Å². The van der Waals surface area contributed by atoms with E-state index < -0.39 is 10.0 Å². The van der Waals surface area contributed by atoms with Gasteiger partial charge in [0.25, 0.3) is 0 Å². The summed E-state index contributed by atoms with van der Waals surface area (Å²) in [6, 6.07) is 0. The molecule has 4 nitrogen and oxygen atoms in total. The third-order valence-electron chi connectivity index (χ3n) is 3.51. The fourth-order valence-corrected chi connectivity index (χ4v) is 6.01. The van der Waals surface area contributed by atoms with Crippen molar-refractivity contribution in [2.24, 2.45) is 0 Å². The molecule has 114 valence electrons. The predicted molar refractivity (Wildman–Crippen MR) is 82.0 cm³/mol. The number of hydrogen-bond acceptors (Lipinski definition) is 4. The van der Waals surface area contributed by atoms with Crippen molar-refractivity contribution in [3.05, 3.63) is 15.8 Å². The Morgan fingerprint density at radius 1 is 1.45 bits per heavy atom. The van der Waals surface area contributed by atoms with Gasteiger partial charge < -0.3 is 4.74 Å². The van der Waals surface area contributed by atoms with E-state index in [-0.39, 0.29) is 12.0 Å². The normalized spacial score (nSPS) is 18.6. The molecule has 1 fully saturated rings. The minimum absolute atomic E-state index is 0.183. The monoisotopic (exact) mass is 337 g/mol.